The highest BCUT2D eigenvalue weighted by Crippen LogP contribution is 2.14. The molecule has 6 nitrogen and oxygen atoms in total. The van der Waals surface area contributed by atoms with E-state index >= 15 is 0 Å². The fourth-order valence-electron chi connectivity index (χ4n) is 3.01. The van der Waals surface area contributed by atoms with Crippen molar-refractivity contribution in [3.05, 3.63) is 52.6 Å². The van der Waals surface area contributed by atoms with Crippen molar-refractivity contribution in [2.24, 2.45) is 0 Å². The van der Waals surface area contributed by atoms with Gasteiger partial charge in [-0.15, -0.1) is 5.10 Å². The fourth-order valence-corrected chi connectivity index (χ4v) is 3.01. The molecule has 0 saturated carbocycles. The molecule has 26 heavy (non-hydrogen) atoms. The Morgan fingerprint density at radius 2 is 1.77 bits per heavy atom. The smallest absolute Gasteiger partial charge is 0.271 e. The van der Waals surface area contributed by atoms with Gasteiger partial charge in [-0.2, -0.15) is 4.68 Å². The standard InChI is InChI=1S/C19H23FN4O2/c1-2-3-4-18(25)23-13-11-22(12-14-23)17-9-10-19(26)24(21-17)16-7-5-15(20)6-8-16/h5-10H,2-4,11-14H2,1H3. The highest BCUT2D eigenvalue weighted by Gasteiger charge is 2.22. The number of unbranched alkanes of at least 4 members (excludes halogenated alkanes) is 1. The third-order valence-corrected chi connectivity index (χ3v) is 4.56. The van der Waals surface area contributed by atoms with Crippen LogP contribution in [0.5, 0.6) is 0 Å². The minimum Gasteiger partial charge on any atom is -0.352 e. The van der Waals surface area contributed by atoms with Crippen LogP contribution in [-0.4, -0.2) is 46.8 Å². The predicted molar refractivity (Wildman–Crippen MR) is 98.1 cm³/mol. The van der Waals surface area contributed by atoms with Crippen LogP contribution >= 0.6 is 0 Å². The van der Waals surface area contributed by atoms with Gasteiger partial charge in [-0.25, -0.2) is 4.39 Å². The second-order valence-electron chi connectivity index (χ2n) is 6.39. The van der Waals surface area contributed by atoms with Crippen LogP contribution in [0.25, 0.3) is 5.69 Å². The van der Waals surface area contributed by atoms with E-state index < -0.39 is 0 Å². The van der Waals surface area contributed by atoms with Gasteiger partial charge in [-0.3, -0.25) is 9.59 Å². The van der Waals surface area contributed by atoms with Gasteiger partial charge >= 0.3 is 0 Å². The van der Waals surface area contributed by atoms with Gasteiger partial charge in [-0.05, 0) is 36.8 Å². The maximum Gasteiger partial charge on any atom is 0.271 e. The number of benzene rings is 1. The Kier molecular flexibility index (Phi) is 5.65. The quantitative estimate of drug-likeness (QED) is 0.822. The first kappa shape index (κ1) is 18.1. The minimum absolute atomic E-state index is 0.204. The Bertz CT molecular complexity index is 811. The molecule has 0 unspecified atom stereocenters. The summed E-state index contributed by atoms with van der Waals surface area (Å²) in [7, 11) is 0. The zero-order chi connectivity index (χ0) is 18.5. The van der Waals surface area contributed by atoms with Gasteiger partial charge < -0.3 is 9.80 Å². The number of hydrogen-bond acceptors (Lipinski definition) is 4. The van der Waals surface area contributed by atoms with Gasteiger partial charge in [0, 0.05) is 38.7 Å². The fraction of sp³-hybridized carbons (Fsp3) is 0.421. The van der Waals surface area contributed by atoms with Crippen molar-refractivity contribution in [1.82, 2.24) is 14.7 Å². The molecule has 0 aliphatic carbocycles. The first-order valence-electron chi connectivity index (χ1n) is 8.97. The molecule has 7 heteroatoms. The highest BCUT2D eigenvalue weighted by atomic mass is 19.1. The molecule has 0 atom stereocenters. The van der Waals surface area contributed by atoms with Gasteiger partial charge in [0.05, 0.1) is 5.69 Å². The van der Waals surface area contributed by atoms with Crippen molar-refractivity contribution in [1.29, 1.82) is 0 Å². The first-order chi connectivity index (χ1) is 12.6. The Morgan fingerprint density at radius 1 is 1.08 bits per heavy atom. The number of anilines is 1. The van der Waals surface area contributed by atoms with Crippen molar-refractivity contribution >= 4 is 11.7 Å². The van der Waals surface area contributed by atoms with Gasteiger partial charge in [0.1, 0.15) is 11.6 Å². The van der Waals surface area contributed by atoms with Crippen LogP contribution in [0.3, 0.4) is 0 Å². The van der Waals surface area contributed by atoms with E-state index in [-0.39, 0.29) is 17.3 Å². The number of carbonyl (C=O) groups excluding carboxylic acids is 1. The maximum atomic E-state index is 13.1. The molecule has 1 aliphatic heterocycles. The van der Waals surface area contributed by atoms with Gasteiger partial charge in [0.25, 0.3) is 5.56 Å². The summed E-state index contributed by atoms with van der Waals surface area (Å²) < 4.78 is 14.4. The van der Waals surface area contributed by atoms with E-state index in [0.29, 0.717) is 44.1 Å². The SMILES string of the molecule is CCCCC(=O)N1CCN(c2ccc(=O)n(-c3ccc(F)cc3)n2)CC1. The van der Waals surface area contributed by atoms with Gasteiger partial charge in [0.2, 0.25) is 5.91 Å². The van der Waals surface area contributed by atoms with E-state index in [0.717, 1.165) is 12.8 Å². The number of hydrogen-bond donors (Lipinski definition) is 0. The van der Waals surface area contributed by atoms with Crippen LogP contribution < -0.4 is 10.5 Å². The molecule has 138 valence electrons. The number of carbonyl (C=O) groups is 1. The van der Waals surface area contributed by atoms with Crippen molar-refractivity contribution in [2.75, 3.05) is 31.1 Å². The Balaban J connectivity index is 1.71. The highest BCUT2D eigenvalue weighted by molar-refractivity contribution is 5.76. The molecule has 2 aromatic rings. The number of rotatable bonds is 5. The molecule has 1 saturated heterocycles. The van der Waals surface area contributed by atoms with E-state index in [4.69, 9.17) is 0 Å². The lowest BCUT2D eigenvalue weighted by atomic mass is 10.2. The average Bonchev–Trinajstić information content (AvgIpc) is 2.67. The third kappa shape index (κ3) is 4.09. The van der Waals surface area contributed by atoms with Crippen LogP contribution in [0.2, 0.25) is 0 Å². The second kappa shape index (κ2) is 8.12. The van der Waals surface area contributed by atoms with Crippen LogP contribution in [-0.2, 0) is 4.79 Å². The molecule has 3 rings (SSSR count). The predicted octanol–water partition coefficient (Wildman–Crippen LogP) is 2.21. The second-order valence-corrected chi connectivity index (χ2v) is 6.39. The van der Waals surface area contributed by atoms with E-state index in [1.807, 2.05) is 4.90 Å². The summed E-state index contributed by atoms with van der Waals surface area (Å²) in [5, 5.41) is 4.42. The Morgan fingerprint density at radius 3 is 2.42 bits per heavy atom. The third-order valence-electron chi connectivity index (χ3n) is 4.56. The minimum atomic E-state index is -0.359. The van der Waals surface area contributed by atoms with Crippen LogP contribution in [0.15, 0.2) is 41.2 Å². The largest absolute Gasteiger partial charge is 0.352 e. The topological polar surface area (TPSA) is 58.4 Å². The monoisotopic (exact) mass is 358 g/mol. The van der Waals surface area contributed by atoms with Crippen LogP contribution in [0.1, 0.15) is 26.2 Å². The molecular formula is C19H23FN4O2. The first-order valence-corrected chi connectivity index (χ1v) is 8.97. The van der Waals surface area contributed by atoms with E-state index in [2.05, 4.69) is 16.9 Å². The summed E-state index contributed by atoms with van der Waals surface area (Å²) >= 11 is 0. The van der Waals surface area contributed by atoms with Crippen LogP contribution in [0.4, 0.5) is 10.2 Å². The Labute approximate surface area is 151 Å². The summed E-state index contributed by atoms with van der Waals surface area (Å²) in [5.41, 5.74) is 0.250. The lowest BCUT2D eigenvalue weighted by Crippen LogP contribution is -2.49. The van der Waals surface area contributed by atoms with E-state index in [9.17, 15) is 14.0 Å². The Hall–Kier alpha value is -2.70. The summed E-state index contributed by atoms with van der Waals surface area (Å²) in [6.07, 6.45) is 2.54. The van der Waals surface area contributed by atoms with Crippen molar-refractivity contribution in [2.45, 2.75) is 26.2 Å². The maximum absolute atomic E-state index is 13.1. The summed E-state index contributed by atoms with van der Waals surface area (Å²) in [6.45, 7) is 4.73. The number of amides is 1. The van der Waals surface area contributed by atoms with Gasteiger partial charge in [-0.1, -0.05) is 13.3 Å². The lowest BCUT2D eigenvalue weighted by Gasteiger charge is -2.35. The van der Waals surface area contributed by atoms with E-state index in [1.54, 1.807) is 6.07 Å². The van der Waals surface area contributed by atoms with Crippen molar-refractivity contribution in [3.8, 4) is 5.69 Å². The molecule has 0 bridgehead atoms. The number of nitrogens with zero attached hydrogens (tertiary/aromatic N) is 4. The number of halogens is 1. The average molecular weight is 358 g/mol. The van der Waals surface area contributed by atoms with Crippen molar-refractivity contribution < 1.29 is 9.18 Å². The molecule has 1 fully saturated rings. The van der Waals surface area contributed by atoms with Crippen molar-refractivity contribution in [3.63, 3.8) is 0 Å². The number of piperazine rings is 1. The van der Waals surface area contributed by atoms with Gasteiger partial charge in [0.15, 0.2) is 0 Å². The number of aromatic nitrogens is 2. The summed E-state index contributed by atoms with van der Waals surface area (Å²) in [6, 6.07) is 8.81. The summed E-state index contributed by atoms with van der Waals surface area (Å²) in [5.74, 6) is 0.520. The molecule has 0 N–H and O–H groups in total. The molecule has 1 aromatic heterocycles. The molecular weight excluding hydrogens is 335 g/mol. The molecule has 1 aromatic carbocycles. The molecule has 2 heterocycles. The van der Waals surface area contributed by atoms with E-state index in [1.165, 1.54) is 35.0 Å². The lowest BCUT2D eigenvalue weighted by molar-refractivity contribution is -0.131. The molecule has 0 spiro atoms. The molecule has 0 radical (unpaired) electrons. The van der Waals surface area contributed by atoms with Crippen LogP contribution in [0, 0.1) is 5.82 Å². The molecule has 1 amide bonds. The zero-order valence-corrected chi connectivity index (χ0v) is 14.9. The zero-order valence-electron chi connectivity index (χ0n) is 14.9. The molecule has 1 aliphatic rings. The normalized spacial score (nSPS) is 14.5. The summed E-state index contributed by atoms with van der Waals surface area (Å²) in [4.78, 5) is 28.2.